The maximum Gasteiger partial charge on any atom is 0.416 e. The van der Waals surface area contributed by atoms with Gasteiger partial charge >= 0.3 is 73.2 Å². The van der Waals surface area contributed by atoms with Gasteiger partial charge in [0.15, 0.2) is 5.69 Å². The Kier molecular flexibility index (Phi) is 29.9. The molecule has 0 aliphatic carbocycles. The number of carbonyl (C=O) groups excluding carboxylic acids is 6. The third-order valence-electron chi connectivity index (χ3n) is 26.3. The summed E-state index contributed by atoms with van der Waals surface area (Å²) in [7, 11) is 9.74. The van der Waals surface area contributed by atoms with Crippen molar-refractivity contribution in [3.05, 3.63) is 254 Å². The number of hydrogen-bond acceptors (Lipinski definition) is 26. The molecular formula is C102H90F18N14O16. The highest BCUT2D eigenvalue weighted by atomic mass is 19.4. The number of nitrogens with zero attached hydrogens (tertiary/aromatic N) is 14. The van der Waals surface area contributed by atoms with Crippen LogP contribution in [0.4, 0.5) is 111 Å². The maximum atomic E-state index is 13.7. The second kappa shape index (κ2) is 42.0. The van der Waals surface area contributed by atoms with Gasteiger partial charge in [-0.05, 0) is 209 Å². The molecule has 6 aromatic carbocycles. The van der Waals surface area contributed by atoms with Crippen molar-refractivity contribution < 1.29 is 155 Å². The fourth-order valence-corrected chi connectivity index (χ4v) is 17.9. The molecule has 6 atom stereocenters. The normalized spacial score (nSPS) is 17.8. The number of ether oxygens (including phenoxy) is 9. The minimum absolute atomic E-state index is 0.0164. The zero-order chi connectivity index (χ0) is 108. The maximum absolute atomic E-state index is 13.7. The number of alkyl halides is 18. The number of carbonyl (C=O) groups is 6. The standard InChI is InChI=1S/C35H33F6N5O5.C34H29F6N5O5.C33H28F6N4O6/c1-18-29(43-44(3)30(18)32(47)50-5)20-7-9-27(49-4)25(15-20)24-8-10-28(45-11-6-12-45)42-26(24)17-46-19(2)31(51-33(46)48)21-13-22(34(36,37)38)16-23(14-21)35(39,40)41;1-18-30(20-11-21(33(35,36)37)14-22(12-20)34(38,39)40)50-32(47)45(18)17-27-23(6-8-29(43-27)44-9-4-10-44)24-13-19(5-7-28(24)48-2)25-15-42-26(16-41-25)31(46)49-3;1-17-29(19-11-20(32(34,35)36)14-21(12-19)33(37,38)39)48-31(45)43(17)16-25-22(6-8-28(40-25)42-9-4-10-42)23-13-18(5-7-26(23)46-2)24-15-27(49-41-24)30(44)47-3/h7-10,13-16,19,31H,6,11-12,17H2,1-5H3;5-8,11-16,18,30H,4,9-10,17H2,1-3H3;5-8,11-15,17,29H,4,9-10,16H2,1-3H3/t19-,31-;18-,30-;17-,29-/m000/s1. The molecule has 0 saturated carbocycles. The van der Waals surface area contributed by atoms with E-state index in [9.17, 15) is 108 Å². The Morgan fingerprint density at radius 3 is 0.987 bits per heavy atom. The van der Waals surface area contributed by atoms with Crippen molar-refractivity contribution in [2.24, 2.45) is 7.05 Å². The lowest BCUT2D eigenvalue weighted by molar-refractivity contribution is -0.144. The summed E-state index contributed by atoms with van der Waals surface area (Å²) in [6, 6.07) is 28.3. The third kappa shape index (κ3) is 22.3. The van der Waals surface area contributed by atoms with E-state index in [1.165, 1.54) is 101 Å². The van der Waals surface area contributed by atoms with Crippen molar-refractivity contribution >= 4 is 53.6 Å². The van der Waals surface area contributed by atoms with Crippen LogP contribution in [0, 0.1) is 6.92 Å². The van der Waals surface area contributed by atoms with E-state index in [1.807, 2.05) is 32.9 Å². The highest BCUT2D eigenvalue weighted by Gasteiger charge is 2.49. The molecule has 6 fully saturated rings. The Hall–Kier alpha value is -16.0. The van der Waals surface area contributed by atoms with Gasteiger partial charge < -0.3 is 61.9 Å². The fourth-order valence-electron chi connectivity index (χ4n) is 17.9. The molecule has 6 saturated heterocycles. The molecule has 6 aliphatic rings. The summed E-state index contributed by atoms with van der Waals surface area (Å²) in [5, 5.41) is 8.50. The second-order valence-electron chi connectivity index (χ2n) is 35.6. The zero-order valence-electron chi connectivity index (χ0n) is 81.1. The van der Waals surface area contributed by atoms with Gasteiger partial charge in [0.05, 0.1) is 155 Å². The predicted molar refractivity (Wildman–Crippen MR) is 499 cm³/mol. The number of cyclic esters (lactones) is 3. The molecule has 0 radical (unpaired) electrons. The van der Waals surface area contributed by atoms with E-state index in [0.717, 1.165) is 58.5 Å². The van der Waals surface area contributed by atoms with Gasteiger partial charge in [0.1, 0.15) is 64.4 Å². The topological polar surface area (TPSA) is 313 Å². The van der Waals surface area contributed by atoms with Gasteiger partial charge in [-0.15, -0.1) is 0 Å². The van der Waals surface area contributed by atoms with Gasteiger partial charge in [-0.1, -0.05) is 5.16 Å². The number of benzene rings is 6. The summed E-state index contributed by atoms with van der Waals surface area (Å²) in [5.41, 5.74) is -2.16. The van der Waals surface area contributed by atoms with Crippen LogP contribution >= 0.6 is 0 Å². The van der Waals surface area contributed by atoms with Crippen LogP contribution < -0.4 is 28.9 Å². The average Bonchev–Trinajstić information content (AvgIpc) is 1.59. The lowest BCUT2D eigenvalue weighted by Gasteiger charge is -2.33. The van der Waals surface area contributed by atoms with Crippen molar-refractivity contribution in [1.29, 1.82) is 0 Å². The van der Waals surface area contributed by atoms with E-state index in [2.05, 4.69) is 29.7 Å². The van der Waals surface area contributed by atoms with Crippen molar-refractivity contribution in [1.82, 2.24) is 54.6 Å². The van der Waals surface area contributed by atoms with Crippen LogP contribution in [0.25, 0.3) is 67.2 Å². The molecule has 3 amide bonds. The first kappa shape index (κ1) is 107. The molecule has 6 aromatic heterocycles. The van der Waals surface area contributed by atoms with E-state index in [-0.39, 0.29) is 55.0 Å². The number of anilines is 3. The summed E-state index contributed by atoms with van der Waals surface area (Å²) in [5.74, 6) is 1.12. The number of amides is 3. The van der Waals surface area contributed by atoms with Gasteiger partial charge in [-0.3, -0.25) is 24.4 Å². The van der Waals surface area contributed by atoms with Crippen LogP contribution in [0.3, 0.4) is 0 Å². The third-order valence-corrected chi connectivity index (χ3v) is 26.3. The molecule has 48 heteroatoms. The van der Waals surface area contributed by atoms with Crippen LogP contribution in [-0.4, -0.2) is 191 Å². The SMILES string of the molecule is COC(=O)c1c(C)c(-c2ccc(OC)c(-c3ccc(N4CCC4)nc3CN3C(=O)O[C@H](c4cc(C(F)(F)F)cc(C(F)(F)F)c4)[C@@H]3C)c2)nn1C.COC(=O)c1cc(-c2ccc(OC)c(-c3ccc(N4CCC4)nc3CN3C(=O)O[C@H](c4cc(C(F)(F)F)cc(C(F)(F)F)c4)[C@@H]3C)c2)no1.COC(=O)c1cnc(-c2ccc(OC)c(-c3ccc(N4CCC4)nc3CN3C(=O)O[C@H](c4cc(C(F)(F)F)cc(C(F)(F)F)c4)[C@@H]3C)c2)cn1. The first-order valence-electron chi connectivity index (χ1n) is 46.0. The summed E-state index contributed by atoms with van der Waals surface area (Å²) in [6.07, 6.45) is -32.0. The van der Waals surface area contributed by atoms with Gasteiger partial charge in [0.2, 0.25) is 5.76 Å². The minimum atomic E-state index is -5.07. The quantitative estimate of drug-likeness (QED) is 0.0308. The highest BCUT2D eigenvalue weighted by molar-refractivity contribution is 5.93. The van der Waals surface area contributed by atoms with Gasteiger partial charge in [-0.2, -0.15) is 84.1 Å². The number of halogens is 18. The van der Waals surface area contributed by atoms with Crippen molar-refractivity contribution in [3.8, 4) is 84.4 Å². The van der Waals surface area contributed by atoms with Crippen LogP contribution in [-0.2, 0) is 92.2 Å². The van der Waals surface area contributed by atoms with Crippen molar-refractivity contribution in [2.45, 2.75) is 140 Å². The van der Waals surface area contributed by atoms with E-state index >= 15 is 0 Å². The molecule has 0 N–H and O–H groups in total. The van der Waals surface area contributed by atoms with Crippen molar-refractivity contribution in [2.75, 3.05) is 96.6 Å². The Balaban J connectivity index is 0.000000160. The number of rotatable bonds is 24. The molecule has 6 aliphatic heterocycles. The molecule has 150 heavy (non-hydrogen) atoms. The molecule has 0 unspecified atom stereocenters. The van der Waals surface area contributed by atoms with Crippen LogP contribution in [0.1, 0.15) is 163 Å². The van der Waals surface area contributed by atoms with Crippen LogP contribution in [0.2, 0.25) is 0 Å². The summed E-state index contributed by atoms with van der Waals surface area (Å²) in [6.45, 7) is 10.1. The van der Waals surface area contributed by atoms with E-state index in [4.69, 9.17) is 52.6 Å². The monoisotopic (exact) mass is 2110 g/mol. The Bertz CT molecular complexity index is 7070. The van der Waals surface area contributed by atoms with Gasteiger partial charge in [0, 0.05) is 108 Å². The minimum Gasteiger partial charge on any atom is -0.496 e. The second-order valence-corrected chi connectivity index (χ2v) is 35.6. The summed E-state index contributed by atoms with van der Waals surface area (Å²) in [4.78, 5) is 109. The summed E-state index contributed by atoms with van der Waals surface area (Å²) >= 11 is 0. The molecule has 30 nitrogen and oxygen atoms in total. The van der Waals surface area contributed by atoms with Crippen LogP contribution in [0.5, 0.6) is 17.2 Å². The van der Waals surface area contributed by atoms with Gasteiger partial charge in [-0.25, -0.2) is 48.7 Å². The first-order valence-corrected chi connectivity index (χ1v) is 46.0. The highest BCUT2D eigenvalue weighted by Crippen LogP contribution is 2.50. The largest absolute Gasteiger partial charge is 0.496 e. The van der Waals surface area contributed by atoms with E-state index in [1.54, 1.807) is 86.8 Å². The number of esters is 3. The lowest BCUT2D eigenvalue weighted by atomic mass is 9.96. The van der Waals surface area contributed by atoms with E-state index < -0.39 is 160 Å². The summed E-state index contributed by atoms with van der Waals surface area (Å²) < 4.78 is 300. The Labute approximate surface area is 841 Å². The molecule has 790 valence electrons. The van der Waals surface area contributed by atoms with Crippen molar-refractivity contribution in [3.63, 3.8) is 0 Å². The number of hydrogen-bond donors (Lipinski definition) is 0. The number of aromatic nitrogens is 8. The molecule has 12 aromatic rings. The number of methoxy groups -OCH3 is 6. The molecule has 18 rings (SSSR count). The molecule has 0 spiro atoms. The zero-order valence-corrected chi connectivity index (χ0v) is 81.1. The molecule has 12 heterocycles. The number of pyridine rings is 3. The van der Waals surface area contributed by atoms with Gasteiger partial charge in [0.25, 0.3) is 0 Å². The lowest BCUT2D eigenvalue weighted by Crippen LogP contribution is -2.38. The number of aryl methyl sites for hydroxylation is 1. The molecular weight excluding hydrogens is 2020 g/mol. The Morgan fingerprint density at radius 2 is 0.693 bits per heavy atom. The van der Waals surface area contributed by atoms with Crippen LogP contribution in [0.15, 0.2) is 169 Å². The fraction of sp³-hybridized carbons (Fsp3) is 0.343. The molecule has 0 bridgehead atoms. The average molecular weight is 2110 g/mol. The Morgan fingerprint density at radius 1 is 0.373 bits per heavy atom. The first-order chi connectivity index (χ1) is 70.9. The smallest absolute Gasteiger partial charge is 0.416 e. The van der Waals surface area contributed by atoms with E-state index in [0.29, 0.717) is 161 Å². The predicted octanol–water partition coefficient (Wildman–Crippen LogP) is 22.4.